The van der Waals surface area contributed by atoms with Crippen LogP contribution >= 0.6 is 0 Å². The van der Waals surface area contributed by atoms with Crippen LogP contribution in [0.4, 0.5) is 0 Å². The number of likely N-dealkylation sites (tertiary alicyclic amines) is 2. The van der Waals surface area contributed by atoms with Crippen molar-refractivity contribution in [2.75, 3.05) is 33.3 Å². The van der Waals surface area contributed by atoms with Gasteiger partial charge in [0.15, 0.2) is 0 Å². The van der Waals surface area contributed by atoms with Gasteiger partial charge in [0.05, 0.1) is 12.7 Å². The molecular formula is C29H37N3O3. The minimum absolute atomic E-state index is 0.112. The molecule has 3 heterocycles. The molecule has 2 aliphatic heterocycles. The fourth-order valence-corrected chi connectivity index (χ4v) is 7.17. The van der Waals surface area contributed by atoms with Crippen LogP contribution in [0.15, 0.2) is 42.6 Å². The fraction of sp³-hybridized carbons (Fsp3) is 0.586. The van der Waals surface area contributed by atoms with Crippen molar-refractivity contribution in [3.63, 3.8) is 0 Å². The van der Waals surface area contributed by atoms with E-state index in [0.717, 1.165) is 49.7 Å². The summed E-state index contributed by atoms with van der Waals surface area (Å²) in [6.45, 7) is 3.43. The van der Waals surface area contributed by atoms with Gasteiger partial charge in [0.2, 0.25) is 5.91 Å². The van der Waals surface area contributed by atoms with Gasteiger partial charge in [0, 0.05) is 49.4 Å². The number of carbonyl (C=O) groups is 1. The van der Waals surface area contributed by atoms with Gasteiger partial charge in [-0.3, -0.25) is 14.7 Å². The molecule has 1 saturated carbocycles. The summed E-state index contributed by atoms with van der Waals surface area (Å²) in [6.07, 6.45) is 8.77. The van der Waals surface area contributed by atoms with Crippen molar-refractivity contribution >= 4 is 5.91 Å². The van der Waals surface area contributed by atoms with E-state index < -0.39 is 5.60 Å². The molecule has 6 heteroatoms. The highest BCUT2D eigenvalue weighted by Crippen LogP contribution is 2.56. The third kappa shape index (κ3) is 3.95. The van der Waals surface area contributed by atoms with E-state index in [0.29, 0.717) is 32.4 Å². The fourth-order valence-electron chi connectivity index (χ4n) is 7.17. The van der Waals surface area contributed by atoms with Crippen LogP contribution in [0, 0.1) is 5.92 Å². The Morgan fingerprint density at radius 1 is 1.14 bits per heavy atom. The van der Waals surface area contributed by atoms with Crippen molar-refractivity contribution < 1.29 is 14.6 Å². The molecule has 1 N–H and O–H groups in total. The van der Waals surface area contributed by atoms with Crippen LogP contribution in [-0.4, -0.2) is 70.7 Å². The third-order valence-electron chi connectivity index (χ3n) is 9.33. The summed E-state index contributed by atoms with van der Waals surface area (Å²) in [7, 11) is 1.71. The van der Waals surface area contributed by atoms with Gasteiger partial charge in [0.25, 0.3) is 0 Å². The van der Waals surface area contributed by atoms with E-state index in [1.807, 2.05) is 23.1 Å². The Kier molecular flexibility index (Phi) is 5.84. The van der Waals surface area contributed by atoms with E-state index in [1.165, 1.54) is 24.0 Å². The Hall–Kier alpha value is -2.44. The standard InChI is InChI=1S/C29H37N3O3/c1-35-24-9-7-22-18-26-29(34)13-17-31(27(33)10-8-23-4-2-3-14-30-23)15-11-28(29,25(22)19-24)12-16-32(26)20-21-5-6-21/h2-4,7,9,14,19,21,26,34H,5-6,8,10-13,15-18,20H2,1H3. The highest BCUT2D eigenvalue weighted by atomic mass is 16.5. The maximum absolute atomic E-state index is 13.3. The smallest absolute Gasteiger partial charge is 0.222 e. The third-order valence-corrected chi connectivity index (χ3v) is 9.33. The Morgan fingerprint density at radius 3 is 2.74 bits per heavy atom. The first-order valence-corrected chi connectivity index (χ1v) is 13.3. The number of hydrogen-bond donors (Lipinski definition) is 1. The van der Waals surface area contributed by atoms with Gasteiger partial charge in [-0.25, -0.2) is 0 Å². The Labute approximate surface area is 208 Å². The molecule has 3 atom stereocenters. The molecule has 3 unspecified atom stereocenters. The molecule has 0 spiro atoms. The number of aliphatic hydroxyl groups is 1. The first kappa shape index (κ1) is 23.0. The first-order chi connectivity index (χ1) is 17.0. The van der Waals surface area contributed by atoms with Crippen LogP contribution in [0.2, 0.25) is 0 Å². The van der Waals surface area contributed by atoms with Crippen molar-refractivity contribution in [3.05, 3.63) is 59.4 Å². The van der Waals surface area contributed by atoms with Crippen molar-refractivity contribution in [3.8, 4) is 5.75 Å². The topological polar surface area (TPSA) is 65.9 Å². The van der Waals surface area contributed by atoms with E-state index in [-0.39, 0.29) is 17.4 Å². The number of carbonyl (C=O) groups excluding carboxylic acids is 1. The van der Waals surface area contributed by atoms with Gasteiger partial charge in [-0.2, -0.15) is 0 Å². The van der Waals surface area contributed by atoms with Gasteiger partial charge >= 0.3 is 0 Å². The number of pyridine rings is 1. The minimum Gasteiger partial charge on any atom is -0.497 e. The van der Waals surface area contributed by atoms with Crippen molar-refractivity contribution in [2.24, 2.45) is 5.92 Å². The minimum atomic E-state index is -0.838. The Morgan fingerprint density at radius 2 is 1.97 bits per heavy atom. The second-order valence-electron chi connectivity index (χ2n) is 11.1. The zero-order valence-corrected chi connectivity index (χ0v) is 20.8. The number of amides is 1. The largest absolute Gasteiger partial charge is 0.497 e. The number of ether oxygens (including phenoxy) is 1. The summed E-state index contributed by atoms with van der Waals surface area (Å²) in [4.78, 5) is 22.2. The van der Waals surface area contributed by atoms with Gasteiger partial charge in [-0.15, -0.1) is 0 Å². The molecular weight excluding hydrogens is 438 g/mol. The molecule has 2 bridgehead atoms. The molecule has 6 nitrogen and oxygen atoms in total. The number of piperidine rings is 1. The maximum Gasteiger partial charge on any atom is 0.222 e. The predicted molar refractivity (Wildman–Crippen MR) is 134 cm³/mol. The van der Waals surface area contributed by atoms with Gasteiger partial charge in [0.1, 0.15) is 5.75 Å². The zero-order chi connectivity index (χ0) is 24.0. The molecule has 0 radical (unpaired) electrons. The number of aryl methyl sites for hydroxylation is 1. The van der Waals surface area contributed by atoms with Crippen LogP contribution in [0.25, 0.3) is 0 Å². The average Bonchev–Trinajstić information content (AvgIpc) is 3.71. The van der Waals surface area contributed by atoms with Crippen LogP contribution in [0.1, 0.15) is 55.3 Å². The van der Waals surface area contributed by atoms with Crippen molar-refractivity contribution in [1.29, 1.82) is 0 Å². The van der Waals surface area contributed by atoms with E-state index >= 15 is 0 Å². The highest BCUT2D eigenvalue weighted by Gasteiger charge is 2.63. The number of aromatic nitrogens is 1. The molecule has 1 amide bonds. The molecule has 35 heavy (non-hydrogen) atoms. The lowest BCUT2D eigenvalue weighted by Crippen LogP contribution is -2.71. The zero-order valence-electron chi connectivity index (χ0n) is 20.8. The second kappa shape index (κ2) is 8.90. The summed E-state index contributed by atoms with van der Waals surface area (Å²) in [5, 5.41) is 12.6. The van der Waals surface area contributed by atoms with Gasteiger partial charge in [-0.1, -0.05) is 12.1 Å². The number of benzene rings is 1. The maximum atomic E-state index is 13.3. The summed E-state index contributed by atoms with van der Waals surface area (Å²) < 4.78 is 5.61. The number of fused-ring (bicyclic) bond motifs is 1. The number of methoxy groups -OCH3 is 1. The lowest BCUT2D eigenvalue weighted by Gasteiger charge is -2.61. The summed E-state index contributed by atoms with van der Waals surface area (Å²) in [5.74, 6) is 1.82. The molecule has 186 valence electrons. The number of hydrogen-bond acceptors (Lipinski definition) is 5. The van der Waals surface area contributed by atoms with Crippen LogP contribution in [-0.2, 0) is 23.1 Å². The summed E-state index contributed by atoms with van der Waals surface area (Å²) in [5.41, 5.74) is 2.38. The van der Waals surface area contributed by atoms with Crippen LogP contribution < -0.4 is 4.74 Å². The van der Waals surface area contributed by atoms with Crippen molar-refractivity contribution in [2.45, 2.75) is 68.4 Å². The van der Waals surface area contributed by atoms with Gasteiger partial charge in [-0.05, 0) is 92.8 Å². The van der Waals surface area contributed by atoms with E-state index in [4.69, 9.17) is 4.74 Å². The molecule has 4 aliphatic rings. The van der Waals surface area contributed by atoms with Crippen molar-refractivity contribution in [1.82, 2.24) is 14.8 Å². The molecule has 2 saturated heterocycles. The summed E-state index contributed by atoms with van der Waals surface area (Å²) in [6, 6.07) is 12.4. The molecule has 1 aromatic carbocycles. The molecule has 1 aromatic heterocycles. The van der Waals surface area contributed by atoms with Crippen LogP contribution in [0.3, 0.4) is 0 Å². The molecule has 2 aliphatic carbocycles. The normalized spacial score (nSPS) is 30.2. The Balaban J connectivity index is 1.30. The number of rotatable bonds is 6. The SMILES string of the molecule is COc1ccc2c(c1)C13CCN(C(=O)CCc4ccccn4)CCC1(O)C(C2)N(CC1CC1)CC3. The van der Waals surface area contributed by atoms with E-state index in [2.05, 4.69) is 28.1 Å². The monoisotopic (exact) mass is 475 g/mol. The highest BCUT2D eigenvalue weighted by molar-refractivity contribution is 5.76. The van der Waals surface area contributed by atoms with E-state index in [9.17, 15) is 9.90 Å². The van der Waals surface area contributed by atoms with Crippen LogP contribution in [0.5, 0.6) is 5.75 Å². The molecule has 2 aromatic rings. The Bertz CT molecular complexity index is 1090. The molecule has 6 rings (SSSR count). The first-order valence-electron chi connectivity index (χ1n) is 13.3. The predicted octanol–water partition coefficient (Wildman–Crippen LogP) is 3.35. The quantitative estimate of drug-likeness (QED) is 0.694. The van der Waals surface area contributed by atoms with E-state index in [1.54, 1.807) is 13.3 Å². The summed E-state index contributed by atoms with van der Waals surface area (Å²) >= 11 is 0. The number of nitrogens with zero attached hydrogens (tertiary/aromatic N) is 3. The molecule has 3 fully saturated rings. The average molecular weight is 476 g/mol. The lowest BCUT2D eigenvalue weighted by atomic mass is 9.52. The lowest BCUT2D eigenvalue weighted by molar-refractivity contribution is -0.149. The van der Waals surface area contributed by atoms with Gasteiger partial charge < -0.3 is 14.7 Å². The second-order valence-corrected chi connectivity index (χ2v) is 11.1.